The Morgan fingerprint density at radius 2 is 2.24 bits per heavy atom. The number of ether oxygens (including phenoxy) is 1. The van der Waals surface area contributed by atoms with Gasteiger partial charge in [0.1, 0.15) is 0 Å². The summed E-state index contributed by atoms with van der Waals surface area (Å²) in [7, 11) is 0. The SMILES string of the molecule is Cc1ccccc1C(CN)N1CCOC(C)C1. The van der Waals surface area contributed by atoms with Gasteiger partial charge >= 0.3 is 0 Å². The predicted octanol–water partition coefficient (Wildman–Crippen LogP) is 1.72. The van der Waals surface area contributed by atoms with Crippen LogP contribution in [0.2, 0.25) is 0 Å². The lowest BCUT2D eigenvalue weighted by atomic mass is 9.99. The van der Waals surface area contributed by atoms with E-state index in [-0.39, 0.29) is 0 Å². The highest BCUT2D eigenvalue weighted by Crippen LogP contribution is 2.24. The van der Waals surface area contributed by atoms with Crippen LogP contribution < -0.4 is 5.73 Å². The van der Waals surface area contributed by atoms with Crippen LogP contribution in [0.3, 0.4) is 0 Å². The van der Waals surface area contributed by atoms with Crippen molar-refractivity contribution in [1.29, 1.82) is 0 Å². The number of morpholine rings is 1. The highest BCUT2D eigenvalue weighted by Gasteiger charge is 2.25. The molecule has 3 nitrogen and oxygen atoms in total. The van der Waals surface area contributed by atoms with Gasteiger partial charge in [-0.15, -0.1) is 0 Å². The van der Waals surface area contributed by atoms with Gasteiger partial charge in [-0.25, -0.2) is 0 Å². The minimum absolute atomic E-state index is 0.307. The molecule has 0 saturated carbocycles. The van der Waals surface area contributed by atoms with E-state index in [1.54, 1.807) is 0 Å². The van der Waals surface area contributed by atoms with E-state index in [2.05, 4.69) is 43.0 Å². The van der Waals surface area contributed by atoms with Gasteiger partial charge in [-0.05, 0) is 25.0 Å². The number of aryl methyl sites for hydroxylation is 1. The molecule has 1 heterocycles. The van der Waals surface area contributed by atoms with Gasteiger partial charge in [0.05, 0.1) is 12.7 Å². The maximum absolute atomic E-state index is 5.97. The lowest BCUT2D eigenvalue weighted by Gasteiger charge is -2.37. The monoisotopic (exact) mass is 234 g/mol. The second-order valence-corrected chi connectivity index (χ2v) is 4.78. The topological polar surface area (TPSA) is 38.5 Å². The first-order chi connectivity index (χ1) is 8.22. The fraction of sp³-hybridized carbons (Fsp3) is 0.571. The Morgan fingerprint density at radius 3 is 2.88 bits per heavy atom. The fourth-order valence-corrected chi connectivity index (χ4v) is 2.56. The quantitative estimate of drug-likeness (QED) is 0.865. The van der Waals surface area contributed by atoms with Gasteiger partial charge in [-0.2, -0.15) is 0 Å². The molecule has 17 heavy (non-hydrogen) atoms. The Bertz CT molecular complexity index is 367. The van der Waals surface area contributed by atoms with Crippen LogP contribution >= 0.6 is 0 Å². The molecule has 2 N–H and O–H groups in total. The molecule has 0 bridgehead atoms. The van der Waals surface area contributed by atoms with Gasteiger partial charge in [-0.3, -0.25) is 4.90 Å². The highest BCUT2D eigenvalue weighted by atomic mass is 16.5. The third-order valence-corrected chi connectivity index (χ3v) is 3.48. The Kier molecular flexibility index (Phi) is 4.15. The molecule has 2 rings (SSSR count). The first-order valence-corrected chi connectivity index (χ1v) is 6.33. The molecule has 2 atom stereocenters. The van der Waals surface area contributed by atoms with Gasteiger partial charge in [0.25, 0.3) is 0 Å². The Labute approximate surface area is 104 Å². The van der Waals surface area contributed by atoms with Gasteiger partial charge in [0, 0.05) is 25.7 Å². The van der Waals surface area contributed by atoms with Crippen LogP contribution in [-0.2, 0) is 4.74 Å². The number of hydrogen-bond donors (Lipinski definition) is 1. The second-order valence-electron chi connectivity index (χ2n) is 4.78. The van der Waals surface area contributed by atoms with Crippen LogP contribution in [0.25, 0.3) is 0 Å². The molecular formula is C14H22N2O. The van der Waals surface area contributed by atoms with Crippen molar-refractivity contribution in [2.75, 3.05) is 26.2 Å². The van der Waals surface area contributed by atoms with Crippen LogP contribution in [0, 0.1) is 6.92 Å². The summed E-state index contributed by atoms with van der Waals surface area (Å²) in [6.07, 6.45) is 0.307. The summed E-state index contributed by atoms with van der Waals surface area (Å²) in [5, 5.41) is 0. The molecule has 1 aliphatic heterocycles. The van der Waals surface area contributed by atoms with Crippen molar-refractivity contribution in [3.05, 3.63) is 35.4 Å². The molecule has 1 saturated heterocycles. The van der Waals surface area contributed by atoms with E-state index in [1.165, 1.54) is 11.1 Å². The normalized spacial score (nSPS) is 23.6. The number of benzene rings is 1. The zero-order valence-corrected chi connectivity index (χ0v) is 10.7. The Hall–Kier alpha value is -0.900. The largest absolute Gasteiger partial charge is 0.376 e. The molecule has 0 spiro atoms. The number of nitrogens with zero attached hydrogens (tertiary/aromatic N) is 1. The number of nitrogens with two attached hydrogens (primary N) is 1. The van der Waals surface area contributed by atoms with Crippen LogP contribution in [0.15, 0.2) is 24.3 Å². The number of rotatable bonds is 3. The lowest BCUT2D eigenvalue weighted by molar-refractivity contribution is -0.0333. The Morgan fingerprint density at radius 1 is 1.47 bits per heavy atom. The van der Waals surface area contributed by atoms with E-state index >= 15 is 0 Å². The van der Waals surface area contributed by atoms with Crippen molar-refractivity contribution >= 4 is 0 Å². The molecule has 3 heteroatoms. The standard InChI is InChI=1S/C14H22N2O/c1-11-5-3-4-6-13(11)14(9-15)16-7-8-17-12(2)10-16/h3-6,12,14H,7-10,15H2,1-2H3. The van der Waals surface area contributed by atoms with Crippen LogP contribution in [-0.4, -0.2) is 37.2 Å². The first-order valence-electron chi connectivity index (χ1n) is 6.33. The smallest absolute Gasteiger partial charge is 0.0674 e. The second kappa shape index (κ2) is 5.63. The third-order valence-electron chi connectivity index (χ3n) is 3.48. The summed E-state index contributed by atoms with van der Waals surface area (Å²) in [6, 6.07) is 8.83. The molecule has 0 aromatic heterocycles. The van der Waals surface area contributed by atoms with Crippen LogP contribution in [0.4, 0.5) is 0 Å². The summed E-state index contributed by atoms with van der Waals surface area (Å²) in [5.41, 5.74) is 8.64. The maximum atomic E-state index is 5.97. The molecule has 0 radical (unpaired) electrons. The molecular weight excluding hydrogens is 212 g/mol. The average Bonchev–Trinajstić information content (AvgIpc) is 2.33. The van der Waals surface area contributed by atoms with Crippen LogP contribution in [0.1, 0.15) is 24.1 Å². The zero-order valence-electron chi connectivity index (χ0n) is 10.7. The van der Waals surface area contributed by atoms with Crippen molar-refractivity contribution in [3.8, 4) is 0 Å². The van der Waals surface area contributed by atoms with Gasteiger partial charge in [0.15, 0.2) is 0 Å². The third kappa shape index (κ3) is 2.86. The molecule has 0 amide bonds. The average molecular weight is 234 g/mol. The summed E-state index contributed by atoms with van der Waals surface area (Å²) in [6.45, 7) is 7.69. The molecule has 1 aliphatic rings. The number of hydrogen-bond acceptors (Lipinski definition) is 3. The van der Waals surface area contributed by atoms with Crippen molar-refractivity contribution < 1.29 is 4.74 Å². The fourth-order valence-electron chi connectivity index (χ4n) is 2.56. The van der Waals surface area contributed by atoms with Crippen molar-refractivity contribution in [1.82, 2.24) is 4.90 Å². The minimum Gasteiger partial charge on any atom is -0.376 e. The van der Waals surface area contributed by atoms with Gasteiger partial charge < -0.3 is 10.5 Å². The van der Waals surface area contributed by atoms with Crippen molar-refractivity contribution in [2.45, 2.75) is 26.0 Å². The predicted molar refractivity (Wildman–Crippen MR) is 70.0 cm³/mol. The van der Waals surface area contributed by atoms with Crippen molar-refractivity contribution in [2.24, 2.45) is 5.73 Å². The lowest BCUT2D eigenvalue weighted by Crippen LogP contribution is -2.45. The summed E-state index contributed by atoms with van der Waals surface area (Å²) in [5.74, 6) is 0. The van der Waals surface area contributed by atoms with Gasteiger partial charge in [-0.1, -0.05) is 24.3 Å². The van der Waals surface area contributed by atoms with E-state index in [4.69, 9.17) is 10.5 Å². The summed E-state index contributed by atoms with van der Waals surface area (Å²) >= 11 is 0. The molecule has 0 aliphatic carbocycles. The minimum atomic E-state index is 0.307. The van der Waals surface area contributed by atoms with Gasteiger partial charge in [0.2, 0.25) is 0 Å². The van der Waals surface area contributed by atoms with E-state index in [1.807, 2.05) is 0 Å². The molecule has 1 aromatic rings. The molecule has 94 valence electrons. The van der Waals surface area contributed by atoms with Crippen molar-refractivity contribution in [3.63, 3.8) is 0 Å². The highest BCUT2D eigenvalue weighted by molar-refractivity contribution is 5.29. The summed E-state index contributed by atoms with van der Waals surface area (Å²) in [4.78, 5) is 2.44. The molecule has 1 aromatic carbocycles. The zero-order chi connectivity index (χ0) is 12.3. The summed E-state index contributed by atoms with van der Waals surface area (Å²) < 4.78 is 5.59. The Balaban J connectivity index is 2.18. The van der Waals surface area contributed by atoms with E-state index in [0.29, 0.717) is 18.7 Å². The maximum Gasteiger partial charge on any atom is 0.0674 e. The molecule has 1 fully saturated rings. The van der Waals surface area contributed by atoms with E-state index in [9.17, 15) is 0 Å². The molecule has 2 unspecified atom stereocenters. The van der Waals surface area contributed by atoms with E-state index < -0.39 is 0 Å². The van der Waals surface area contributed by atoms with Crippen LogP contribution in [0.5, 0.6) is 0 Å². The first kappa shape index (κ1) is 12.6. The van der Waals surface area contributed by atoms with E-state index in [0.717, 1.165) is 19.7 Å².